The van der Waals surface area contributed by atoms with E-state index in [2.05, 4.69) is 15.9 Å². The van der Waals surface area contributed by atoms with Gasteiger partial charge in [0.15, 0.2) is 6.10 Å². The number of aliphatic hydroxyl groups excluding tert-OH is 1. The summed E-state index contributed by atoms with van der Waals surface area (Å²) in [5.74, 6) is 0. The molecule has 0 heterocycles. The molecule has 0 radical (unpaired) electrons. The van der Waals surface area contributed by atoms with E-state index in [-0.39, 0.29) is 15.6 Å². The first-order chi connectivity index (χ1) is 6.32. The molecule has 0 aliphatic carbocycles. The first-order valence-electron chi connectivity index (χ1n) is 3.52. The van der Waals surface area contributed by atoms with Crippen molar-refractivity contribution in [2.45, 2.75) is 10.9 Å². The minimum atomic E-state index is -3.38. The van der Waals surface area contributed by atoms with Crippen molar-refractivity contribution in [3.05, 3.63) is 33.8 Å². The molecule has 1 nitrogen and oxygen atoms in total. The number of alkyl halides is 3. The molecule has 1 atom stereocenters. The second-order valence-electron chi connectivity index (χ2n) is 2.62. The van der Waals surface area contributed by atoms with Gasteiger partial charge in [-0.25, -0.2) is 0 Å². The molecule has 0 aromatic heterocycles. The van der Waals surface area contributed by atoms with Crippen LogP contribution in [0, 0.1) is 0 Å². The monoisotopic (exact) mass is 304 g/mol. The highest BCUT2D eigenvalue weighted by molar-refractivity contribution is 9.10. The van der Waals surface area contributed by atoms with E-state index in [1.807, 2.05) is 0 Å². The molecule has 14 heavy (non-hydrogen) atoms. The zero-order chi connectivity index (χ0) is 10.9. The molecular formula is C8H5BrCl2F2O. The lowest BCUT2D eigenvalue weighted by molar-refractivity contribution is -0.0294. The number of hydrogen-bond donors (Lipinski definition) is 1. The zero-order valence-corrected chi connectivity index (χ0v) is 9.74. The number of hydrogen-bond acceptors (Lipinski definition) is 1. The third-order valence-electron chi connectivity index (χ3n) is 1.57. The van der Waals surface area contributed by atoms with Gasteiger partial charge in [-0.3, -0.25) is 0 Å². The zero-order valence-electron chi connectivity index (χ0n) is 6.65. The molecule has 0 bridgehead atoms. The molecule has 1 N–H and O–H groups in total. The Morgan fingerprint density at radius 1 is 1.29 bits per heavy atom. The van der Waals surface area contributed by atoms with Gasteiger partial charge in [0.05, 0.1) is 10.0 Å². The van der Waals surface area contributed by atoms with Crippen LogP contribution in [0.1, 0.15) is 11.7 Å². The van der Waals surface area contributed by atoms with Crippen LogP contribution in [0.25, 0.3) is 0 Å². The second kappa shape index (κ2) is 4.31. The lowest BCUT2D eigenvalue weighted by Gasteiger charge is -2.16. The molecule has 0 fully saturated rings. The summed E-state index contributed by atoms with van der Waals surface area (Å²) in [4.78, 5) is -3.38. The molecule has 6 heteroatoms. The molecule has 0 saturated carbocycles. The smallest absolute Gasteiger partial charge is 0.330 e. The topological polar surface area (TPSA) is 20.2 Å². The molecule has 1 rings (SSSR count). The van der Waals surface area contributed by atoms with Crippen LogP contribution in [0.15, 0.2) is 18.2 Å². The highest BCUT2D eigenvalue weighted by Crippen LogP contribution is 2.38. The van der Waals surface area contributed by atoms with E-state index in [1.165, 1.54) is 18.2 Å². The fraction of sp³-hybridized carbons (Fsp3) is 0.250. The van der Waals surface area contributed by atoms with Crippen molar-refractivity contribution < 1.29 is 13.9 Å². The summed E-state index contributed by atoms with van der Waals surface area (Å²) in [7, 11) is 0. The van der Waals surface area contributed by atoms with Crippen molar-refractivity contribution in [1.82, 2.24) is 0 Å². The summed E-state index contributed by atoms with van der Waals surface area (Å²) in [6.07, 6.45) is -1.95. The Balaban J connectivity index is 3.03. The van der Waals surface area contributed by atoms with Crippen molar-refractivity contribution in [3.8, 4) is 0 Å². The summed E-state index contributed by atoms with van der Waals surface area (Å²) in [5, 5.41) is 9.55. The van der Waals surface area contributed by atoms with Gasteiger partial charge in [-0.1, -0.05) is 29.3 Å². The van der Waals surface area contributed by atoms with Gasteiger partial charge >= 0.3 is 4.83 Å². The largest absolute Gasteiger partial charge is 0.381 e. The molecular weight excluding hydrogens is 301 g/mol. The van der Waals surface area contributed by atoms with E-state index in [0.717, 1.165) is 0 Å². The third-order valence-corrected chi connectivity index (χ3v) is 2.74. The maximum Gasteiger partial charge on any atom is 0.330 e. The fourth-order valence-corrected chi connectivity index (χ4v) is 1.44. The quantitative estimate of drug-likeness (QED) is 0.818. The Morgan fingerprint density at radius 3 is 2.29 bits per heavy atom. The Kier molecular flexibility index (Phi) is 3.75. The fourth-order valence-electron chi connectivity index (χ4n) is 0.871. The molecule has 1 unspecified atom stereocenters. The van der Waals surface area contributed by atoms with Crippen molar-refractivity contribution in [2.75, 3.05) is 0 Å². The average Bonchev–Trinajstić information content (AvgIpc) is 2.07. The first-order valence-corrected chi connectivity index (χ1v) is 5.07. The van der Waals surface area contributed by atoms with Crippen LogP contribution in [0.4, 0.5) is 8.78 Å². The summed E-state index contributed by atoms with van der Waals surface area (Å²) < 4.78 is 25.2. The maximum atomic E-state index is 12.6. The van der Waals surface area contributed by atoms with Crippen LogP contribution < -0.4 is 0 Å². The Bertz CT molecular complexity index is 341. The Hall–Kier alpha value is 0.1000. The lowest BCUT2D eigenvalue weighted by Crippen LogP contribution is -2.18. The number of benzene rings is 1. The molecule has 1 aromatic carbocycles. The van der Waals surface area contributed by atoms with Crippen LogP contribution in [0.2, 0.25) is 10.0 Å². The third kappa shape index (κ3) is 2.79. The van der Waals surface area contributed by atoms with Crippen molar-refractivity contribution >= 4 is 39.1 Å². The average molecular weight is 306 g/mol. The lowest BCUT2D eigenvalue weighted by atomic mass is 10.1. The van der Waals surface area contributed by atoms with Crippen LogP contribution >= 0.6 is 39.1 Å². The number of halogens is 5. The van der Waals surface area contributed by atoms with E-state index >= 15 is 0 Å². The summed E-state index contributed by atoms with van der Waals surface area (Å²) in [6, 6.07) is 3.83. The minimum Gasteiger partial charge on any atom is -0.381 e. The highest BCUT2D eigenvalue weighted by Gasteiger charge is 2.36. The van der Waals surface area contributed by atoms with Crippen molar-refractivity contribution in [1.29, 1.82) is 0 Å². The van der Waals surface area contributed by atoms with Crippen molar-refractivity contribution in [2.24, 2.45) is 0 Å². The minimum absolute atomic E-state index is 0.00118. The molecule has 0 aliphatic heterocycles. The van der Waals surface area contributed by atoms with E-state index < -0.39 is 10.9 Å². The predicted molar refractivity (Wildman–Crippen MR) is 55.3 cm³/mol. The Morgan fingerprint density at radius 2 is 1.86 bits per heavy atom. The van der Waals surface area contributed by atoms with Gasteiger partial charge in [-0.05, 0) is 33.6 Å². The normalized spacial score (nSPS) is 14.1. The second-order valence-corrected chi connectivity index (χ2v) is 4.49. The summed E-state index contributed by atoms with van der Waals surface area (Å²) >= 11 is 13.3. The predicted octanol–water partition coefficient (Wildman–Crippen LogP) is 4.01. The SMILES string of the molecule is OC(c1ccc(Cl)c(Cl)c1)C(F)(F)Br. The van der Waals surface area contributed by atoms with E-state index in [4.69, 9.17) is 23.2 Å². The maximum absolute atomic E-state index is 12.6. The molecule has 0 saturated heterocycles. The number of aliphatic hydroxyl groups is 1. The molecule has 78 valence electrons. The molecule has 0 spiro atoms. The number of rotatable bonds is 2. The molecule has 1 aromatic rings. The van der Waals surface area contributed by atoms with Gasteiger partial charge in [0.25, 0.3) is 0 Å². The van der Waals surface area contributed by atoms with E-state index in [9.17, 15) is 13.9 Å². The van der Waals surface area contributed by atoms with Crippen LogP contribution in [-0.2, 0) is 0 Å². The summed E-state index contributed by atoms with van der Waals surface area (Å²) in [6.45, 7) is 0. The first kappa shape index (κ1) is 12.2. The summed E-state index contributed by atoms with van der Waals surface area (Å²) in [5.41, 5.74) is 0.00118. The van der Waals surface area contributed by atoms with E-state index in [0.29, 0.717) is 0 Å². The van der Waals surface area contributed by atoms with Gasteiger partial charge in [0, 0.05) is 0 Å². The van der Waals surface area contributed by atoms with Crippen molar-refractivity contribution in [3.63, 3.8) is 0 Å². The van der Waals surface area contributed by atoms with Crippen LogP contribution in [-0.4, -0.2) is 9.94 Å². The van der Waals surface area contributed by atoms with Gasteiger partial charge in [-0.2, -0.15) is 8.78 Å². The van der Waals surface area contributed by atoms with Crippen LogP contribution in [0.5, 0.6) is 0 Å². The highest BCUT2D eigenvalue weighted by atomic mass is 79.9. The van der Waals surface area contributed by atoms with Gasteiger partial charge in [0.2, 0.25) is 0 Å². The van der Waals surface area contributed by atoms with Gasteiger partial charge < -0.3 is 5.11 Å². The van der Waals surface area contributed by atoms with Crippen LogP contribution in [0.3, 0.4) is 0 Å². The molecule has 0 amide bonds. The molecule has 0 aliphatic rings. The van der Waals surface area contributed by atoms with E-state index in [1.54, 1.807) is 0 Å². The van der Waals surface area contributed by atoms with Gasteiger partial charge in [0.1, 0.15) is 0 Å². The Labute approximate surface area is 97.8 Å². The van der Waals surface area contributed by atoms with Gasteiger partial charge in [-0.15, -0.1) is 0 Å². The standard InChI is InChI=1S/C8H5BrCl2F2O/c9-8(12,13)7(14)4-1-2-5(10)6(11)3-4/h1-3,7,14H.